The maximum absolute atomic E-state index is 12.6. The molecule has 23 heavy (non-hydrogen) atoms. The summed E-state index contributed by atoms with van der Waals surface area (Å²) < 4.78 is 27.7. The van der Waals surface area contributed by atoms with Crippen LogP contribution < -0.4 is 4.72 Å². The lowest BCUT2D eigenvalue weighted by molar-refractivity contribution is 0.601. The number of nitrogens with one attached hydrogen (secondary N) is 1. The third kappa shape index (κ3) is 3.37. The average molecular weight is 325 g/mol. The van der Waals surface area contributed by atoms with Crippen LogP contribution in [-0.4, -0.2) is 18.4 Å². The molecule has 0 fully saturated rings. The number of anilines is 1. The molecule has 0 aliphatic carbocycles. The van der Waals surface area contributed by atoms with Gasteiger partial charge in [0.2, 0.25) is 0 Å². The summed E-state index contributed by atoms with van der Waals surface area (Å²) in [6.45, 7) is 1.91. The van der Waals surface area contributed by atoms with E-state index in [0.29, 0.717) is 5.69 Å². The van der Waals surface area contributed by atoms with Gasteiger partial charge < -0.3 is 0 Å². The number of rotatable bonds is 4. The largest absolute Gasteiger partial charge is 0.279 e. The van der Waals surface area contributed by atoms with Crippen LogP contribution in [0.3, 0.4) is 0 Å². The van der Waals surface area contributed by atoms with E-state index in [1.165, 1.54) is 6.33 Å². The van der Waals surface area contributed by atoms with Gasteiger partial charge in [-0.05, 0) is 25.1 Å². The lowest BCUT2D eigenvalue weighted by Crippen LogP contribution is -2.13. The monoisotopic (exact) mass is 325 g/mol. The van der Waals surface area contributed by atoms with Crippen molar-refractivity contribution < 1.29 is 8.42 Å². The Kier molecular flexibility index (Phi) is 4.08. The first kappa shape index (κ1) is 15.2. The Morgan fingerprint density at radius 3 is 2.26 bits per heavy atom. The Balaban J connectivity index is 1.99. The molecule has 0 saturated heterocycles. The van der Waals surface area contributed by atoms with E-state index in [9.17, 15) is 8.42 Å². The molecule has 0 unspecified atom stereocenters. The second kappa shape index (κ2) is 6.18. The number of sulfonamides is 1. The molecule has 0 atom stereocenters. The van der Waals surface area contributed by atoms with Crippen LogP contribution in [0.4, 0.5) is 5.69 Å². The molecule has 2 aromatic carbocycles. The minimum absolute atomic E-state index is 0.224. The van der Waals surface area contributed by atoms with Crippen molar-refractivity contribution >= 4 is 15.7 Å². The number of aryl methyl sites for hydroxylation is 1. The van der Waals surface area contributed by atoms with Crippen LogP contribution in [-0.2, 0) is 10.0 Å². The molecule has 0 bridgehead atoms. The van der Waals surface area contributed by atoms with Crippen LogP contribution >= 0.6 is 0 Å². The first-order valence-corrected chi connectivity index (χ1v) is 8.48. The third-order valence-corrected chi connectivity index (χ3v) is 4.76. The molecule has 3 rings (SSSR count). The molecule has 1 N–H and O–H groups in total. The van der Waals surface area contributed by atoms with Gasteiger partial charge in [0.15, 0.2) is 0 Å². The maximum atomic E-state index is 12.6. The Morgan fingerprint density at radius 1 is 0.913 bits per heavy atom. The van der Waals surface area contributed by atoms with Crippen molar-refractivity contribution in [2.75, 3.05) is 4.72 Å². The van der Waals surface area contributed by atoms with Gasteiger partial charge in [0.1, 0.15) is 6.33 Å². The van der Waals surface area contributed by atoms with Gasteiger partial charge in [-0.25, -0.2) is 18.4 Å². The van der Waals surface area contributed by atoms with Crippen LogP contribution in [0.1, 0.15) is 5.56 Å². The van der Waals surface area contributed by atoms with E-state index in [4.69, 9.17) is 0 Å². The third-order valence-electron chi connectivity index (χ3n) is 3.37. The van der Waals surface area contributed by atoms with E-state index in [1.54, 1.807) is 48.8 Å². The van der Waals surface area contributed by atoms with Gasteiger partial charge in [-0.2, -0.15) is 0 Å². The smallest absolute Gasteiger partial charge is 0.261 e. The first-order valence-electron chi connectivity index (χ1n) is 7.00. The number of hydrogen-bond acceptors (Lipinski definition) is 4. The Labute approximate surface area is 135 Å². The van der Waals surface area contributed by atoms with Crippen molar-refractivity contribution in [3.05, 3.63) is 72.8 Å². The van der Waals surface area contributed by atoms with E-state index in [0.717, 1.165) is 16.7 Å². The zero-order valence-electron chi connectivity index (χ0n) is 12.5. The summed E-state index contributed by atoms with van der Waals surface area (Å²) >= 11 is 0. The van der Waals surface area contributed by atoms with E-state index < -0.39 is 10.0 Å². The molecular formula is C17H15N3O2S. The van der Waals surface area contributed by atoms with Crippen molar-refractivity contribution in [1.29, 1.82) is 0 Å². The number of nitrogens with zero attached hydrogens (tertiary/aromatic N) is 2. The zero-order chi connectivity index (χ0) is 16.3. The molecule has 3 aromatic rings. The fraction of sp³-hybridized carbons (Fsp3) is 0.0588. The minimum atomic E-state index is -3.65. The maximum Gasteiger partial charge on any atom is 0.261 e. The number of benzene rings is 2. The highest BCUT2D eigenvalue weighted by Gasteiger charge is 2.16. The van der Waals surface area contributed by atoms with Crippen molar-refractivity contribution in [3.8, 4) is 11.1 Å². The number of hydrogen-bond donors (Lipinski definition) is 1. The van der Waals surface area contributed by atoms with Gasteiger partial charge >= 0.3 is 0 Å². The highest BCUT2D eigenvalue weighted by atomic mass is 32.2. The van der Waals surface area contributed by atoms with Gasteiger partial charge in [0.25, 0.3) is 10.0 Å². The number of para-hydroxylation sites is 1. The summed E-state index contributed by atoms with van der Waals surface area (Å²) in [5.41, 5.74) is 2.96. The second-order valence-electron chi connectivity index (χ2n) is 5.09. The molecule has 0 radical (unpaired) electrons. The lowest BCUT2D eigenvalue weighted by atomic mass is 10.1. The van der Waals surface area contributed by atoms with Gasteiger partial charge in [0, 0.05) is 23.5 Å². The standard InChI is InChI=1S/C17H15N3O2S/c1-13-6-8-15(9-7-13)23(21,22)20-17-5-3-2-4-16(17)14-10-18-12-19-11-14/h2-12,20H,1H3. The van der Waals surface area contributed by atoms with Crippen LogP contribution in [0, 0.1) is 6.92 Å². The quantitative estimate of drug-likeness (QED) is 0.799. The summed E-state index contributed by atoms with van der Waals surface area (Å²) in [4.78, 5) is 8.18. The summed E-state index contributed by atoms with van der Waals surface area (Å²) in [5, 5.41) is 0. The van der Waals surface area contributed by atoms with Crippen LogP contribution in [0.15, 0.2) is 72.1 Å². The molecule has 0 spiro atoms. The highest BCUT2D eigenvalue weighted by Crippen LogP contribution is 2.28. The molecule has 1 heterocycles. The van der Waals surface area contributed by atoms with E-state index in [2.05, 4.69) is 14.7 Å². The first-order chi connectivity index (χ1) is 11.1. The highest BCUT2D eigenvalue weighted by molar-refractivity contribution is 7.92. The molecule has 5 nitrogen and oxygen atoms in total. The molecule has 0 aliphatic heterocycles. The van der Waals surface area contributed by atoms with Crippen molar-refractivity contribution in [1.82, 2.24) is 9.97 Å². The van der Waals surface area contributed by atoms with Gasteiger partial charge in [-0.3, -0.25) is 4.72 Å². The lowest BCUT2D eigenvalue weighted by Gasteiger charge is -2.12. The van der Waals surface area contributed by atoms with Crippen LogP contribution in [0.5, 0.6) is 0 Å². The van der Waals surface area contributed by atoms with Crippen LogP contribution in [0.2, 0.25) is 0 Å². The molecule has 6 heteroatoms. The predicted octanol–water partition coefficient (Wildman–Crippen LogP) is 3.25. The topological polar surface area (TPSA) is 72.0 Å². The Hall–Kier alpha value is -2.73. The SMILES string of the molecule is Cc1ccc(S(=O)(=O)Nc2ccccc2-c2cncnc2)cc1. The van der Waals surface area contributed by atoms with E-state index >= 15 is 0 Å². The van der Waals surface area contributed by atoms with Gasteiger partial charge in [-0.1, -0.05) is 35.9 Å². The Bertz CT molecular complexity index is 908. The van der Waals surface area contributed by atoms with E-state index in [1.807, 2.05) is 19.1 Å². The molecule has 116 valence electrons. The molecule has 1 aromatic heterocycles. The molecule has 0 amide bonds. The summed E-state index contributed by atoms with van der Waals surface area (Å²) in [7, 11) is -3.65. The molecule has 0 aliphatic rings. The summed E-state index contributed by atoms with van der Waals surface area (Å²) in [6, 6.07) is 13.9. The second-order valence-corrected chi connectivity index (χ2v) is 6.77. The average Bonchev–Trinajstić information content (AvgIpc) is 2.56. The normalized spacial score (nSPS) is 11.2. The molecular weight excluding hydrogens is 310 g/mol. The summed E-state index contributed by atoms with van der Waals surface area (Å²) in [5.74, 6) is 0. The number of aromatic nitrogens is 2. The van der Waals surface area contributed by atoms with Crippen LogP contribution in [0.25, 0.3) is 11.1 Å². The van der Waals surface area contributed by atoms with Gasteiger partial charge in [-0.15, -0.1) is 0 Å². The van der Waals surface area contributed by atoms with Crippen molar-refractivity contribution in [2.24, 2.45) is 0 Å². The summed E-state index contributed by atoms with van der Waals surface area (Å²) in [6.07, 6.45) is 4.72. The van der Waals surface area contributed by atoms with Gasteiger partial charge in [0.05, 0.1) is 10.6 Å². The predicted molar refractivity (Wildman–Crippen MR) is 89.5 cm³/mol. The molecule has 0 saturated carbocycles. The Morgan fingerprint density at radius 2 is 1.57 bits per heavy atom. The van der Waals surface area contributed by atoms with E-state index in [-0.39, 0.29) is 4.90 Å². The minimum Gasteiger partial charge on any atom is -0.279 e. The fourth-order valence-electron chi connectivity index (χ4n) is 2.18. The fourth-order valence-corrected chi connectivity index (χ4v) is 3.26. The zero-order valence-corrected chi connectivity index (χ0v) is 13.3. The van der Waals surface area contributed by atoms with Crippen molar-refractivity contribution in [2.45, 2.75) is 11.8 Å². The van der Waals surface area contributed by atoms with Crippen molar-refractivity contribution in [3.63, 3.8) is 0 Å².